The van der Waals surface area contributed by atoms with Gasteiger partial charge in [-0.3, -0.25) is 4.79 Å². The second-order valence-electron chi connectivity index (χ2n) is 5.46. The minimum Gasteiger partial charge on any atom is -0.339 e. The number of allylic oxidation sites excluding steroid dienone is 1. The van der Waals surface area contributed by atoms with E-state index in [1.165, 1.54) is 29.4 Å². The standard InChI is InChI=1S/C12H24N4O5S2/c1-4-5-6-11(22(13,18)19)12(17)15-7-9-16(10-8-15)23(20,21)14(2)3/h4,11H,1,5-10H2,2-3H3,(H2,13,18,19). The van der Waals surface area contributed by atoms with Crippen molar-refractivity contribution in [1.29, 1.82) is 0 Å². The van der Waals surface area contributed by atoms with Crippen LogP contribution >= 0.6 is 0 Å². The van der Waals surface area contributed by atoms with Crippen LogP contribution in [0.5, 0.6) is 0 Å². The SMILES string of the molecule is C=CCCC(C(=O)N1CCN(S(=O)(=O)N(C)C)CC1)S(N)(=O)=O. The van der Waals surface area contributed by atoms with E-state index in [1.54, 1.807) is 0 Å². The van der Waals surface area contributed by atoms with Gasteiger partial charge < -0.3 is 4.90 Å². The zero-order chi connectivity index (χ0) is 17.8. The van der Waals surface area contributed by atoms with Crippen molar-refractivity contribution >= 4 is 26.1 Å². The van der Waals surface area contributed by atoms with E-state index in [-0.39, 0.29) is 32.6 Å². The molecule has 23 heavy (non-hydrogen) atoms. The molecule has 1 amide bonds. The normalized spacial score (nSPS) is 18.9. The van der Waals surface area contributed by atoms with Crippen LogP contribution in [-0.4, -0.2) is 81.8 Å². The smallest absolute Gasteiger partial charge is 0.281 e. The van der Waals surface area contributed by atoms with Crippen LogP contribution in [-0.2, 0) is 25.0 Å². The van der Waals surface area contributed by atoms with Crippen molar-refractivity contribution in [3.63, 3.8) is 0 Å². The van der Waals surface area contributed by atoms with E-state index in [4.69, 9.17) is 5.14 Å². The number of nitrogens with two attached hydrogens (primary N) is 1. The van der Waals surface area contributed by atoms with Gasteiger partial charge in [-0.2, -0.15) is 17.0 Å². The summed E-state index contributed by atoms with van der Waals surface area (Å²) in [5.41, 5.74) is 0. The number of nitrogens with zero attached hydrogens (tertiary/aromatic N) is 3. The maximum Gasteiger partial charge on any atom is 0.281 e. The first-order valence-corrected chi connectivity index (χ1v) is 10.1. The summed E-state index contributed by atoms with van der Waals surface area (Å²) in [6, 6.07) is 0. The zero-order valence-electron chi connectivity index (χ0n) is 13.4. The van der Waals surface area contributed by atoms with Crippen LogP contribution in [0.4, 0.5) is 0 Å². The summed E-state index contributed by atoms with van der Waals surface area (Å²) in [6.07, 6.45) is 1.94. The van der Waals surface area contributed by atoms with Crippen molar-refractivity contribution in [2.75, 3.05) is 40.3 Å². The van der Waals surface area contributed by atoms with Crippen molar-refractivity contribution in [2.24, 2.45) is 5.14 Å². The molecule has 1 unspecified atom stereocenters. The van der Waals surface area contributed by atoms with Crippen LogP contribution in [0.2, 0.25) is 0 Å². The van der Waals surface area contributed by atoms with Gasteiger partial charge in [-0.1, -0.05) is 6.08 Å². The predicted molar refractivity (Wildman–Crippen MR) is 87.1 cm³/mol. The zero-order valence-corrected chi connectivity index (χ0v) is 15.0. The third-order valence-electron chi connectivity index (χ3n) is 3.64. The van der Waals surface area contributed by atoms with Gasteiger partial charge in [-0.15, -0.1) is 6.58 Å². The van der Waals surface area contributed by atoms with Gasteiger partial charge in [0.15, 0.2) is 5.25 Å². The Labute approximate surface area is 137 Å². The first kappa shape index (κ1) is 20.0. The van der Waals surface area contributed by atoms with Gasteiger partial charge in [0, 0.05) is 40.3 Å². The minimum atomic E-state index is -4.02. The number of hydrogen-bond donors (Lipinski definition) is 1. The summed E-state index contributed by atoms with van der Waals surface area (Å²) >= 11 is 0. The van der Waals surface area contributed by atoms with Crippen LogP contribution in [0.25, 0.3) is 0 Å². The number of amides is 1. The molecule has 1 aliphatic heterocycles. The first-order chi connectivity index (χ1) is 10.5. The molecule has 1 aliphatic rings. The Balaban J connectivity index is 2.79. The van der Waals surface area contributed by atoms with Gasteiger partial charge in [-0.05, 0) is 12.8 Å². The fourth-order valence-electron chi connectivity index (χ4n) is 2.27. The van der Waals surface area contributed by atoms with Crippen LogP contribution in [0.1, 0.15) is 12.8 Å². The van der Waals surface area contributed by atoms with Crippen molar-refractivity contribution in [1.82, 2.24) is 13.5 Å². The Bertz CT molecular complexity index is 636. The quantitative estimate of drug-likeness (QED) is 0.552. The summed E-state index contributed by atoms with van der Waals surface area (Å²) in [4.78, 5) is 13.7. The van der Waals surface area contributed by atoms with Gasteiger partial charge >= 0.3 is 0 Å². The molecule has 1 rings (SSSR count). The Hall–Kier alpha value is -1.01. The van der Waals surface area contributed by atoms with Crippen LogP contribution < -0.4 is 5.14 Å². The number of rotatable bonds is 7. The fraction of sp³-hybridized carbons (Fsp3) is 0.750. The minimum absolute atomic E-state index is 0.0668. The number of hydrogen-bond acceptors (Lipinski definition) is 5. The molecule has 134 valence electrons. The maximum absolute atomic E-state index is 12.4. The van der Waals surface area contributed by atoms with Gasteiger partial charge in [-0.25, -0.2) is 13.6 Å². The lowest BCUT2D eigenvalue weighted by atomic mass is 10.2. The first-order valence-electron chi connectivity index (χ1n) is 7.10. The molecule has 0 radical (unpaired) electrons. The molecule has 1 heterocycles. The lowest BCUT2D eigenvalue weighted by Crippen LogP contribution is -2.56. The van der Waals surface area contributed by atoms with E-state index < -0.39 is 31.4 Å². The molecular formula is C12H24N4O5S2. The molecule has 1 saturated heterocycles. The average Bonchev–Trinajstić information content (AvgIpc) is 2.46. The molecule has 0 saturated carbocycles. The summed E-state index contributed by atoms with van der Waals surface area (Å²) in [5.74, 6) is -0.587. The summed E-state index contributed by atoms with van der Waals surface area (Å²) in [6.45, 7) is 4.00. The monoisotopic (exact) mass is 368 g/mol. The fourth-order valence-corrected chi connectivity index (χ4v) is 4.25. The van der Waals surface area contributed by atoms with Crippen molar-refractivity contribution in [3.8, 4) is 0 Å². The van der Waals surface area contributed by atoms with E-state index in [1.807, 2.05) is 0 Å². The second-order valence-corrected chi connectivity index (χ2v) is 9.35. The van der Waals surface area contributed by atoms with Crippen LogP contribution in [0, 0.1) is 0 Å². The second kappa shape index (κ2) is 7.71. The number of primary sulfonamides is 1. The highest BCUT2D eigenvalue weighted by Gasteiger charge is 2.36. The third-order valence-corrected chi connectivity index (χ3v) is 6.81. The van der Waals surface area contributed by atoms with Crippen molar-refractivity contribution < 1.29 is 21.6 Å². The average molecular weight is 368 g/mol. The predicted octanol–water partition coefficient (Wildman–Crippen LogP) is -1.44. The van der Waals surface area contributed by atoms with E-state index in [0.29, 0.717) is 6.42 Å². The highest BCUT2D eigenvalue weighted by atomic mass is 32.2. The van der Waals surface area contributed by atoms with E-state index in [9.17, 15) is 21.6 Å². The number of carbonyl (C=O) groups excluding carboxylic acids is 1. The molecule has 1 fully saturated rings. The number of piperazine rings is 1. The summed E-state index contributed by atoms with van der Waals surface area (Å²) in [7, 11) is -4.70. The molecule has 0 bridgehead atoms. The number of sulfonamides is 1. The lowest BCUT2D eigenvalue weighted by Gasteiger charge is -2.36. The van der Waals surface area contributed by atoms with Crippen molar-refractivity contribution in [3.05, 3.63) is 12.7 Å². The van der Waals surface area contributed by atoms with Crippen molar-refractivity contribution in [2.45, 2.75) is 18.1 Å². The highest BCUT2D eigenvalue weighted by molar-refractivity contribution is 7.90. The lowest BCUT2D eigenvalue weighted by molar-refractivity contribution is -0.132. The van der Waals surface area contributed by atoms with Gasteiger partial charge in [0.1, 0.15) is 0 Å². The Morgan fingerprint density at radius 3 is 2.13 bits per heavy atom. The molecule has 0 aromatic heterocycles. The molecule has 1 atom stereocenters. The Morgan fingerprint density at radius 1 is 1.22 bits per heavy atom. The van der Waals surface area contributed by atoms with Gasteiger partial charge in [0.05, 0.1) is 0 Å². The van der Waals surface area contributed by atoms with Gasteiger partial charge in [0.25, 0.3) is 10.2 Å². The maximum atomic E-state index is 12.4. The molecule has 9 nitrogen and oxygen atoms in total. The summed E-state index contributed by atoms with van der Waals surface area (Å²) < 4.78 is 49.6. The van der Waals surface area contributed by atoms with E-state index >= 15 is 0 Å². The molecule has 0 spiro atoms. The van der Waals surface area contributed by atoms with Gasteiger partial charge in [0.2, 0.25) is 15.9 Å². The molecule has 2 N–H and O–H groups in total. The molecule has 0 aromatic rings. The number of carbonyl (C=O) groups is 1. The Kier molecular flexibility index (Phi) is 6.71. The largest absolute Gasteiger partial charge is 0.339 e. The highest BCUT2D eigenvalue weighted by Crippen LogP contribution is 2.15. The Morgan fingerprint density at radius 2 is 1.74 bits per heavy atom. The summed E-state index contributed by atoms with van der Waals surface area (Å²) in [5, 5.41) is 3.82. The topological polar surface area (TPSA) is 121 Å². The third kappa shape index (κ3) is 4.98. The van der Waals surface area contributed by atoms with E-state index in [0.717, 1.165) is 4.31 Å². The molecule has 11 heteroatoms. The molecular weight excluding hydrogens is 344 g/mol. The molecule has 0 aliphatic carbocycles. The molecule has 0 aromatic carbocycles. The van der Waals surface area contributed by atoms with Crippen LogP contribution in [0.15, 0.2) is 12.7 Å². The van der Waals surface area contributed by atoms with Crippen LogP contribution in [0.3, 0.4) is 0 Å². The van der Waals surface area contributed by atoms with E-state index in [2.05, 4.69) is 6.58 Å².